The van der Waals surface area contributed by atoms with Gasteiger partial charge in [-0.15, -0.1) is 0 Å². The van der Waals surface area contributed by atoms with Crippen LogP contribution in [0, 0.1) is 5.92 Å². The highest BCUT2D eigenvalue weighted by atomic mass is 16.5. The van der Waals surface area contributed by atoms with Gasteiger partial charge in [0.1, 0.15) is 0 Å². The molecular weight excluding hydrogens is 324 g/mol. The zero-order valence-electron chi connectivity index (χ0n) is 15.1. The van der Waals surface area contributed by atoms with E-state index in [0.717, 1.165) is 45.4 Å². The van der Waals surface area contributed by atoms with Gasteiger partial charge < -0.3 is 9.64 Å². The van der Waals surface area contributed by atoms with E-state index in [1.807, 2.05) is 12.1 Å². The van der Waals surface area contributed by atoms with E-state index >= 15 is 0 Å². The van der Waals surface area contributed by atoms with Gasteiger partial charge in [0.2, 0.25) is 5.91 Å². The molecular formula is C22H26N2O2. The summed E-state index contributed by atoms with van der Waals surface area (Å²) in [7, 11) is 0. The predicted molar refractivity (Wildman–Crippen MR) is 101 cm³/mol. The molecule has 0 saturated carbocycles. The minimum absolute atomic E-state index is 0.271. The fourth-order valence-corrected chi connectivity index (χ4v) is 4.29. The smallest absolute Gasteiger partial charge is 0.223 e. The second-order valence-electron chi connectivity index (χ2n) is 7.37. The minimum atomic E-state index is 0.271. The average molecular weight is 350 g/mol. The zero-order chi connectivity index (χ0) is 17.8. The molecule has 1 saturated heterocycles. The number of carbonyl (C=O) groups excluding carboxylic acids is 1. The number of ether oxygens (including phenoxy) is 1. The van der Waals surface area contributed by atoms with Crippen molar-refractivity contribution in [3.63, 3.8) is 0 Å². The van der Waals surface area contributed by atoms with Crippen molar-refractivity contribution in [1.82, 2.24) is 9.88 Å². The molecule has 1 fully saturated rings. The molecule has 2 aromatic rings. The van der Waals surface area contributed by atoms with Crippen LogP contribution in [0.5, 0.6) is 0 Å². The van der Waals surface area contributed by atoms with E-state index in [4.69, 9.17) is 4.74 Å². The predicted octanol–water partition coefficient (Wildman–Crippen LogP) is 3.39. The monoisotopic (exact) mass is 350 g/mol. The van der Waals surface area contributed by atoms with Crippen LogP contribution in [0.25, 0.3) is 0 Å². The van der Waals surface area contributed by atoms with Gasteiger partial charge in [0.05, 0.1) is 0 Å². The molecule has 1 amide bonds. The van der Waals surface area contributed by atoms with Crippen molar-refractivity contribution in [3.8, 4) is 0 Å². The molecule has 26 heavy (non-hydrogen) atoms. The Labute approximate surface area is 155 Å². The summed E-state index contributed by atoms with van der Waals surface area (Å²) in [5.74, 6) is 0.815. The Morgan fingerprint density at radius 1 is 1.08 bits per heavy atom. The number of aromatic nitrogens is 1. The Kier molecular flexibility index (Phi) is 5.30. The van der Waals surface area contributed by atoms with Crippen LogP contribution >= 0.6 is 0 Å². The number of aryl methyl sites for hydroxylation is 1. The van der Waals surface area contributed by atoms with Crippen LogP contribution in [0.4, 0.5) is 0 Å². The molecule has 1 aromatic carbocycles. The Morgan fingerprint density at radius 3 is 2.58 bits per heavy atom. The highest BCUT2D eigenvalue weighted by molar-refractivity contribution is 5.77. The molecule has 4 rings (SSSR count). The van der Waals surface area contributed by atoms with Gasteiger partial charge in [-0.1, -0.05) is 24.3 Å². The van der Waals surface area contributed by atoms with E-state index in [9.17, 15) is 4.79 Å². The van der Waals surface area contributed by atoms with E-state index in [1.54, 1.807) is 12.4 Å². The maximum atomic E-state index is 13.1. The summed E-state index contributed by atoms with van der Waals surface area (Å²) in [5, 5.41) is 0. The number of carbonyl (C=O) groups is 1. The maximum Gasteiger partial charge on any atom is 0.223 e. The SMILES string of the molecule is O=C(CCc1ccncc1)N1Cc2ccccc2C[C@@H]1C1CCOCC1. The summed E-state index contributed by atoms with van der Waals surface area (Å²) in [6.07, 6.45) is 8.01. The molecule has 4 nitrogen and oxygen atoms in total. The first-order valence-corrected chi connectivity index (χ1v) is 9.64. The van der Waals surface area contributed by atoms with Gasteiger partial charge in [-0.3, -0.25) is 9.78 Å². The second-order valence-corrected chi connectivity index (χ2v) is 7.37. The molecule has 0 aliphatic carbocycles. The lowest BCUT2D eigenvalue weighted by atomic mass is 9.82. The van der Waals surface area contributed by atoms with Crippen LogP contribution in [-0.4, -0.2) is 35.0 Å². The zero-order valence-corrected chi connectivity index (χ0v) is 15.1. The highest BCUT2D eigenvalue weighted by Crippen LogP contribution is 2.32. The van der Waals surface area contributed by atoms with Crippen LogP contribution in [-0.2, 0) is 28.9 Å². The van der Waals surface area contributed by atoms with E-state index in [1.165, 1.54) is 16.7 Å². The van der Waals surface area contributed by atoms with Crippen LogP contribution in [0.3, 0.4) is 0 Å². The molecule has 1 aromatic heterocycles. The lowest BCUT2D eigenvalue weighted by Crippen LogP contribution is -2.49. The first kappa shape index (κ1) is 17.2. The molecule has 0 unspecified atom stereocenters. The van der Waals surface area contributed by atoms with Crippen molar-refractivity contribution in [2.45, 2.75) is 44.7 Å². The molecule has 2 aliphatic rings. The van der Waals surface area contributed by atoms with Crippen molar-refractivity contribution < 1.29 is 9.53 Å². The van der Waals surface area contributed by atoms with Gasteiger partial charge in [0.25, 0.3) is 0 Å². The van der Waals surface area contributed by atoms with Gasteiger partial charge in [-0.25, -0.2) is 0 Å². The highest BCUT2D eigenvalue weighted by Gasteiger charge is 2.35. The van der Waals surface area contributed by atoms with Gasteiger partial charge in [0, 0.05) is 44.6 Å². The normalized spacial score (nSPS) is 20.6. The molecule has 0 N–H and O–H groups in total. The van der Waals surface area contributed by atoms with Crippen LogP contribution < -0.4 is 0 Å². The van der Waals surface area contributed by atoms with Crippen LogP contribution in [0.1, 0.15) is 36.0 Å². The van der Waals surface area contributed by atoms with Crippen LogP contribution in [0.2, 0.25) is 0 Å². The van der Waals surface area contributed by atoms with Crippen molar-refractivity contribution >= 4 is 5.91 Å². The van der Waals surface area contributed by atoms with Gasteiger partial charge in [-0.05, 0) is 60.4 Å². The Hall–Kier alpha value is -2.20. The van der Waals surface area contributed by atoms with Gasteiger partial charge in [-0.2, -0.15) is 0 Å². The third kappa shape index (κ3) is 3.80. The number of nitrogens with zero attached hydrogens (tertiary/aromatic N) is 2. The van der Waals surface area contributed by atoms with Crippen molar-refractivity contribution in [3.05, 3.63) is 65.5 Å². The summed E-state index contributed by atoms with van der Waals surface area (Å²) in [5.41, 5.74) is 3.88. The largest absolute Gasteiger partial charge is 0.381 e. The van der Waals surface area contributed by atoms with Crippen molar-refractivity contribution in [1.29, 1.82) is 0 Å². The third-order valence-corrected chi connectivity index (χ3v) is 5.80. The number of hydrogen-bond acceptors (Lipinski definition) is 3. The van der Waals surface area contributed by atoms with E-state index < -0.39 is 0 Å². The minimum Gasteiger partial charge on any atom is -0.381 e. The molecule has 0 radical (unpaired) electrons. The fourth-order valence-electron chi connectivity index (χ4n) is 4.29. The maximum absolute atomic E-state index is 13.1. The van der Waals surface area contributed by atoms with Gasteiger partial charge >= 0.3 is 0 Å². The molecule has 0 spiro atoms. The number of hydrogen-bond donors (Lipinski definition) is 0. The summed E-state index contributed by atoms with van der Waals surface area (Å²) in [6, 6.07) is 12.9. The Bertz CT molecular complexity index is 741. The quantitative estimate of drug-likeness (QED) is 0.849. The number of pyridine rings is 1. The Morgan fingerprint density at radius 2 is 1.81 bits per heavy atom. The van der Waals surface area contributed by atoms with Crippen molar-refractivity contribution in [2.24, 2.45) is 5.92 Å². The van der Waals surface area contributed by atoms with Gasteiger partial charge in [0.15, 0.2) is 0 Å². The van der Waals surface area contributed by atoms with E-state index in [0.29, 0.717) is 18.4 Å². The standard InChI is InChI=1S/C22H26N2O2/c25-22(6-5-17-7-11-23-12-8-17)24-16-20-4-2-1-3-19(20)15-21(24)18-9-13-26-14-10-18/h1-4,7-8,11-12,18,21H,5-6,9-10,13-16H2/t21-/m1/s1. The second kappa shape index (κ2) is 8.00. The summed E-state index contributed by atoms with van der Waals surface area (Å²) in [4.78, 5) is 19.3. The molecule has 1 atom stereocenters. The average Bonchev–Trinajstić information content (AvgIpc) is 2.72. The lowest BCUT2D eigenvalue weighted by Gasteiger charge is -2.42. The first-order valence-electron chi connectivity index (χ1n) is 9.64. The molecule has 3 heterocycles. The fraction of sp³-hybridized carbons (Fsp3) is 0.455. The molecule has 4 heteroatoms. The first-order chi connectivity index (χ1) is 12.8. The van der Waals surface area contributed by atoms with E-state index in [-0.39, 0.29) is 5.91 Å². The number of benzene rings is 1. The summed E-state index contributed by atoms with van der Waals surface area (Å²) < 4.78 is 5.55. The number of amides is 1. The topological polar surface area (TPSA) is 42.4 Å². The number of fused-ring (bicyclic) bond motifs is 1. The Balaban J connectivity index is 1.51. The van der Waals surface area contributed by atoms with E-state index in [2.05, 4.69) is 34.1 Å². The summed E-state index contributed by atoms with van der Waals surface area (Å²) in [6.45, 7) is 2.39. The van der Waals surface area contributed by atoms with Crippen LogP contribution in [0.15, 0.2) is 48.8 Å². The summed E-state index contributed by atoms with van der Waals surface area (Å²) >= 11 is 0. The molecule has 2 aliphatic heterocycles. The molecule has 136 valence electrons. The third-order valence-electron chi connectivity index (χ3n) is 5.80. The van der Waals surface area contributed by atoms with Crippen molar-refractivity contribution in [2.75, 3.05) is 13.2 Å². The lowest BCUT2D eigenvalue weighted by molar-refractivity contribution is -0.137. The number of rotatable bonds is 4. The molecule has 0 bridgehead atoms.